The maximum absolute atomic E-state index is 4.21. The number of aromatic nitrogens is 4. The molecule has 4 rings (SSSR count). The lowest BCUT2D eigenvalue weighted by Crippen LogP contribution is -2.48. The smallest absolute Gasteiger partial charge is 0.250 e. The normalized spacial score (nSPS) is 20.3. The second-order valence-electron chi connectivity index (χ2n) is 5.48. The minimum absolute atomic E-state index is 0.849. The molecule has 2 heterocycles. The molecule has 1 saturated carbocycles. The van der Waals surface area contributed by atoms with Crippen LogP contribution in [-0.4, -0.2) is 57.3 Å². The zero-order chi connectivity index (χ0) is 13.4. The minimum Gasteiger partial charge on any atom is -0.337 e. The molecule has 0 amide bonds. The lowest BCUT2D eigenvalue weighted by Gasteiger charge is -2.34. The fourth-order valence-electron chi connectivity index (χ4n) is 2.84. The lowest BCUT2D eigenvalue weighted by atomic mass is 10.3. The molecule has 0 radical (unpaired) electrons. The van der Waals surface area contributed by atoms with E-state index in [0.29, 0.717) is 0 Å². The van der Waals surface area contributed by atoms with E-state index in [1.165, 1.54) is 12.8 Å². The van der Waals surface area contributed by atoms with Crippen LogP contribution in [0.5, 0.6) is 0 Å². The highest BCUT2D eigenvalue weighted by molar-refractivity contribution is 5.40. The molecule has 6 nitrogen and oxygen atoms in total. The van der Waals surface area contributed by atoms with Gasteiger partial charge in [-0.05, 0) is 35.4 Å². The lowest BCUT2D eigenvalue weighted by molar-refractivity contribution is 0.246. The summed E-state index contributed by atoms with van der Waals surface area (Å²) < 4.78 is 1.83. The number of piperazine rings is 1. The molecule has 6 heteroatoms. The molecule has 2 aromatic rings. The second kappa shape index (κ2) is 4.86. The van der Waals surface area contributed by atoms with Crippen LogP contribution in [0.25, 0.3) is 5.69 Å². The predicted molar refractivity (Wildman–Crippen MR) is 76.0 cm³/mol. The molecule has 0 atom stereocenters. The number of tetrazole rings is 1. The molecule has 1 aliphatic carbocycles. The Hall–Kier alpha value is -1.95. The topological polar surface area (TPSA) is 50.1 Å². The minimum atomic E-state index is 0.849. The Balaban J connectivity index is 1.53. The highest BCUT2D eigenvalue weighted by Gasteiger charge is 2.32. The van der Waals surface area contributed by atoms with Gasteiger partial charge in [-0.15, -0.1) is 0 Å². The molecular formula is C14H18N6. The standard InChI is InChI=1S/C14H18N6/c1-2-4-13(5-3-1)20-14(15-16-17-20)19-10-8-18(9-11-19)12-6-7-12/h1-5,12H,6-11H2. The Morgan fingerprint density at radius 1 is 0.950 bits per heavy atom. The first-order valence-electron chi connectivity index (χ1n) is 7.24. The Morgan fingerprint density at radius 3 is 2.40 bits per heavy atom. The first kappa shape index (κ1) is 11.8. The van der Waals surface area contributed by atoms with Gasteiger partial charge in [-0.1, -0.05) is 23.3 Å². The maximum atomic E-state index is 4.21. The average molecular weight is 270 g/mol. The third-order valence-electron chi connectivity index (χ3n) is 4.11. The summed E-state index contributed by atoms with van der Waals surface area (Å²) in [6, 6.07) is 10.9. The van der Waals surface area contributed by atoms with Crippen molar-refractivity contribution in [3.63, 3.8) is 0 Å². The first-order valence-corrected chi connectivity index (χ1v) is 7.24. The van der Waals surface area contributed by atoms with Gasteiger partial charge in [0.2, 0.25) is 5.95 Å². The molecule has 1 saturated heterocycles. The number of benzene rings is 1. The van der Waals surface area contributed by atoms with Gasteiger partial charge in [-0.25, -0.2) is 0 Å². The van der Waals surface area contributed by atoms with Crippen LogP contribution in [0.1, 0.15) is 12.8 Å². The molecule has 0 bridgehead atoms. The zero-order valence-corrected chi connectivity index (χ0v) is 11.4. The molecule has 20 heavy (non-hydrogen) atoms. The number of hydrogen-bond acceptors (Lipinski definition) is 5. The highest BCUT2D eigenvalue weighted by Crippen LogP contribution is 2.28. The quantitative estimate of drug-likeness (QED) is 0.831. The van der Waals surface area contributed by atoms with Crippen molar-refractivity contribution < 1.29 is 0 Å². The number of rotatable bonds is 3. The van der Waals surface area contributed by atoms with Gasteiger partial charge in [-0.2, -0.15) is 4.68 Å². The predicted octanol–water partition coefficient (Wildman–Crippen LogP) is 0.947. The number of hydrogen-bond donors (Lipinski definition) is 0. The van der Waals surface area contributed by atoms with Gasteiger partial charge in [0.1, 0.15) is 0 Å². The van der Waals surface area contributed by atoms with Gasteiger partial charge in [0, 0.05) is 32.2 Å². The largest absolute Gasteiger partial charge is 0.337 e. The van der Waals surface area contributed by atoms with Gasteiger partial charge in [0.05, 0.1) is 5.69 Å². The van der Waals surface area contributed by atoms with E-state index in [9.17, 15) is 0 Å². The molecule has 1 aliphatic heterocycles. The Bertz CT molecular complexity index is 568. The van der Waals surface area contributed by atoms with Crippen molar-refractivity contribution >= 4 is 5.95 Å². The van der Waals surface area contributed by atoms with Crippen LogP contribution in [0, 0.1) is 0 Å². The molecule has 2 aliphatic rings. The first-order chi connectivity index (χ1) is 9.92. The van der Waals surface area contributed by atoms with E-state index in [1.54, 1.807) is 0 Å². The van der Waals surface area contributed by atoms with E-state index in [0.717, 1.165) is 43.9 Å². The molecular weight excluding hydrogens is 252 g/mol. The molecule has 0 spiro atoms. The van der Waals surface area contributed by atoms with Gasteiger partial charge in [-0.3, -0.25) is 4.90 Å². The van der Waals surface area contributed by atoms with Crippen LogP contribution in [0.4, 0.5) is 5.95 Å². The van der Waals surface area contributed by atoms with E-state index in [-0.39, 0.29) is 0 Å². The molecule has 2 fully saturated rings. The molecule has 0 unspecified atom stereocenters. The molecule has 104 valence electrons. The summed E-state index contributed by atoms with van der Waals surface area (Å²) in [5, 5.41) is 12.2. The Kier molecular flexibility index (Phi) is 2.88. The van der Waals surface area contributed by atoms with E-state index >= 15 is 0 Å². The Morgan fingerprint density at radius 2 is 1.70 bits per heavy atom. The molecule has 0 N–H and O–H groups in total. The van der Waals surface area contributed by atoms with Crippen LogP contribution in [0.2, 0.25) is 0 Å². The summed E-state index contributed by atoms with van der Waals surface area (Å²) >= 11 is 0. The van der Waals surface area contributed by atoms with Crippen molar-refractivity contribution in [2.45, 2.75) is 18.9 Å². The number of para-hydroxylation sites is 1. The SMILES string of the molecule is c1ccc(-n2nnnc2N2CCN(C3CC3)CC2)cc1. The fraction of sp³-hybridized carbons (Fsp3) is 0.500. The van der Waals surface area contributed by atoms with E-state index in [4.69, 9.17) is 0 Å². The number of nitrogens with zero attached hydrogens (tertiary/aromatic N) is 6. The van der Waals surface area contributed by atoms with Crippen molar-refractivity contribution in [1.29, 1.82) is 0 Å². The fourth-order valence-corrected chi connectivity index (χ4v) is 2.84. The van der Waals surface area contributed by atoms with Gasteiger partial charge in [0.15, 0.2) is 0 Å². The van der Waals surface area contributed by atoms with Crippen LogP contribution in [0.15, 0.2) is 30.3 Å². The maximum Gasteiger partial charge on any atom is 0.250 e. The van der Waals surface area contributed by atoms with Crippen molar-refractivity contribution in [2.24, 2.45) is 0 Å². The summed E-state index contributed by atoms with van der Waals surface area (Å²) in [6.45, 7) is 4.24. The van der Waals surface area contributed by atoms with E-state index in [2.05, 4.69) is 25.3 Å². The van der Waals surface area contributed by atoms with Crippen molar-refractivity contribution in [3.8, 4) is 5.69 Å². The van der Waals surface area contributed by atoms with Crippen LogP contribution >= 0.6 is 0 Å². The van der Waals surface area contributed by atoms with Gasteiger partial charge >= 0.3 is 0 Å². The highest BCUT2D eigenvalue weighted by atomic mass is 15.6. The third kappa shape index (κ3) is 2.16. The molecule has 1 aromatic heterocycles. The number of anilines is 1. The van der Waals surface area contributed by atoms with Gasteiger partial charge < -0.3 is 4.90 Å². The second-order valence-corrected chi connectivity index (χ2v) is 5.48. The monoisotopic (exact) mass is 270 g/mol. The molecule has 1 aromatic carbocycles. The van der Waals surface area contributed by atoms with E-state index < -0.39 is 0 Å². The summed E-state index contributed by atoms with van der Waals surface area (Å²) in [5.41, 5.74) is 1.01. The van der Waals surface area contributed by atoms with Crippen molar-refractivity contribution in [1.82, 2.24) is 25.1 Å². The van der Waals surface area contributed by atoms with Crippen LogP contribution < -0.4 is 4.90 Å². The zero-order valence-electron chi connectivity index (χ0n) is 11.4. The third-order valence-corrected chi connectivity index (χ3v) is 4.11. The summed E-state index contributed by atoms with van der Waals surface area (Å²) in [4.78, 5) is 4.87. The summed E-state index contributed by atoms with van der Waals surface area (Å²) in [7, 11) is 0. The Labute approximate surface area is 118 Å². The van der Waals surface area contributed by atoms with Crippen molar-refractivity contribution in [3.05, 3.63) is 30.3 Å². The summed E-state index contributed by atoms with van der Waals surface area (Å²) in [5.74, 6) is 0.853. The van der Waals surface area contributed by atoms with Crippen LogP contribution in [-0.2, 0) is 0 Å². The average Bonchev–Trinajstić information content (AvgIpc) is 3.25. The van der Waals surface area contributed by atoms with E-state index in [1.807, 2.05) is 35.0 Å². The van der Waals surface area contributed by atoms with Crippen LogP contribution in [0.3, 0.4) is 0 Å². The summed E-state index contributed by atoms with van der Waals surface area (Å²) in [6.07, 6.45) is 2.75. The van der Waals surface area contributed by atoms with Gasteiger partial charge in [0.25, 0.3) is 0 Å². The van der Waals surface area contributed by atoms with Crippen molar-refractivity contribution in [2.75, 3.05) is 31.1 Å².